The van der Waals surface area contributed by atoms with E-state index < -0.39 is 23.0 Å². The lowest BCUT2D eigenvalue weighted by molar-refractivity contribution is -0.203. The quantitative estimate of drug-likeness (QED) is 0.456. The summed E-state index contributed by atoms with van der Waals surface area (Å²) in [6.07, 6.45) is 11.1. The Morgan fingerprint density at radius 3 is 2.21 bits per heavy atom. The van der Waals surface area contributed by atoms with Gasteiger partial charge >= 0.3 is 0 Å². The molecule has 4 N–H and O–H groups in total. The molecule has 0 aliphatic heterocycles. The van der Waals surface area contributed by atoms with Crippen LogP contribution in [0.15, 0.2) is 23.3 Å². The zero-order chi connectivity index (χ0) is 24.9. The largest absolute Gasteiger partial charge is 0.396 e. The number of aliphatic hydroxyl groups is 4. The van der Waals surface area contributed by atoms with Gasteiger partial charge in [0.05, 0.1) is 25.4 Å². The minimum atomic E-state index is -0.525. The fourth-order valence-corrected chi connectivity index (χ4v) is 10.1. The van der Waals surface area contributed by atoms with Crippen LogP contribution in [-0.4, -0.2) is 45.8 Å². The van der Waals surface area contributed by atoms with Crippen molar-refractivity contribution < 1.29 is 20.4 Å². The highest BCUT2D eigenvalue weighted by Crippen LogP contribution is 2.74. The molecule has 0 aromatic heterocycles. The van der Waals surface area contributed by atoms with Crippen molar-refractivity contribution in [1.29, 1.82) is 0 Å². The zero-order valence-electron chi connectivity index (χ0n) is 22.3. The molecular weight excluding hydrogens is 424 g/mol. The average Bonchev–Trinajstić information content (AvgIpc) is 2.77. The Labute approximate surface area is 206 Å². The fraction of sp³-hybridized carbons (Fsp3) is 0.867. The summed E-state index contributed by atoms with van der Waals surface area (Å²) in [6.45, 7) is 14.1. The van der Waals surface area contributed by atoms with Gasteiger partial charge in [-0.1, -0.05) is 59.3 Å². The fourth-order valence-electron chi connectivity index (χ4n) is 10.1. The molecule has 0 aromatic rings. The summed E-state index contributed by atoms with van der Waals surface area (Å²) in [4.78, 5) is 0. The number of aliphatic hydroxyl groups excluding tert-OH is 4. The summed E-state index contributed by atoms with van der Waals surface area (Å²) >= 11 is 0. The average molecular weight is 473 g/mol. The maximum Gasteiger partial charge on any atom is 0.0664 e. The Bertz CT molecular complexity index is 921. The zero-order valence-corrected chi connectivity index (χ0v) is 22.3. The Morgan fingerprint density at radius 1 is 0.853 bits per heavy atom. The first-order chi connectivity index (χ1) is 15.7. The molecule has 0 spiro atoms. The van der Waals surface area contributed by atoms with Crippen molar-refractivity contribution in [3.8, 4) is 0 Å². The minimum absolute atomic E-state index is 0.00171. The number of hydrogen-bond donors (Lipinski definition) is 4. The second kappa shape index (κ2) is 7.43. The maximum atomic E-state index is 11.7. The van der Waals surface area contributed by atoms with Gasteiger partial charge in [0.2, 0.25) is 0 Å². The first-order valence-electron chi connectivity index (χ1n) is 13.7. The molecule has 0 amide bonds. The molecule has 4 heteroatoms. The molecule has 0 radical (unpaired) electrons. The Kier molecular flexibility index (Phi) is 5.46. The van der Waals surface area contributed by atoms with E-state index in [0.717, 1.165) is 44.9 Å². The molecule has 3 saturated carbocycles. The third-order valence-electron chi connectivity index (χ3n) is 12.7. The molecule has 9 atom stereocenters. The molecule has 0 saturated heterocycles. The third-order valence-corrected chi connectivity index (χ3v) is 12.7. The van der Waals surface area contributed by atoms with Crippen LogP contribution in [0.3, 0.4) is 0 Å². The van der Waals surface area contributed by atoms with E-state index in [1.165, 1.54) is 11.1 Å². The molecule has 0 aromatic carbocycles. The van der Waals surface area contributed by atoms with E-state index in [-0.39, 0.29) is 40.8 Å². The summed E-state index contributed by atoms with van der Waals surface area (Å²) in [7, 11) is 0. The monoisotopic (exact) mass is 472 g/mol. The van der Waals surface area contributed by atoms with E-state index in [9.17, 15) is 20.4 Å². The SMILES string of the molecule is CC1(C)CC[C@@]2(CO)C(=C3C=CC4[C@@]5(C)CC[C@H](O)[C@@](C)(CO)C5CC[C@@]4(C)[C@]3(C)C[C@@H]2O)C1. The second-order valence-corrected chi connectivity index (χ2v) is 14.7. The third kappa shape index (κ3) is 2.86. The molecule has 2 unspecified atom stereocenters. The summed E-state index contributed by atoms with van der Waals surface area (Å²) in [5.41, 5.74) is 1.75. The van der Waals surface area contributed by atoms with E-state index in [4.69, 9.17) is 0 Å². The molecule has 0 heterocycles. The summed E-state index contributed by atoms with van der Waals surface area (Å²) in [5, 5.41) is 43.6. The number of fused-ring (bicyclic) bond motifs is 6. The van der Waals surface area contributed by atoms with Crippen molar-refractivity contribution in [3.05, 3.63) is 23.3 Å². The van der Waals surface area contributed by atoms with Crippen molar-refractivity contribution in [1.82, 2.24) is 0 Å². The molecule has 5 aliphatic carbocycles. The van der Waals surface area contributed by atoms with Crippen molar-refractivity contribution in [2.45, 2.75) is 105 Å². The van der Waals surface area contributed by atoms with Crippen LogP contribution in [0.5, 0.6) is 0 Å². The van der Waals surface area contributed by atoms with Gasteiger partial charge in [0, 0.05) is 16.2 Å². The van der Waals surface area contributed by atoms with E-state index in [1.54, 1.807) is 0 Å². The smallest absolute Gasteiger partial charge is 0.0664 e. The lowest BCUT2D eigenvalue weighted by atomic mass is 9.35. The number of hydrogen-bond acceptors (Lipinski definition) is 4. The second-order valence-electron chi connectivity index (χ2n) is 14.7. The first-order valence-corrected chi connectivity index (χ1v) is 13.7. The van der Waals surface area contributed by atoms with E-state index in [0.29, 0.717) is 12.3 Å². The van der Waals surface area contributed by atoms with E-state index in [1.807, 2.05) is 0 Å². The van der Waals surface area contributed by atoms with Crippen molar-refractivity contribution >= 4 is 0 Å². The first kappa shape index (κ1) is 25.0. The van der Waals surface area contributed by atoms with E-state index >= 15 is 0 Å². The molecule has 0 bridgehead atoms. The van der Waals surface area contributed by atoms with Gasteiger partial charge in [-0.15, -0.1) is 0 Å². The van der Waals surface area contributed by atoms with E-state index in [2.05, 4.69) is 53.7 Å². The van der Waals surface area contributed by atoms with Crippen LogP contribution >= 0.6 is 0 Å². The van der Waals surface area contributed by atoms with Gasteiger partial charge in [-0.25, -0.2) is 0 Å². The highest BCUT2D eigenvalue weighted by atomic mass is 16.3. The Morgan fingerprint density at radius 2 is 1.56 bits per heavy atom. The summed E-state index contributed by atoms with van der Waals surface area (Å²) < 4.78 is 0. The van der Waals surface area contributed by atoms with Gasteiger partial charge in [-0.2, -0.15) is 0 Å². The van der Waals surface area contributed by atoms with Crippen LogP contribution in [0.2, 0.25) is 0 Å². The van der Waals surface area contributed by atoms with Crippen molar-refractivity contribution in [3.63, 3.8) is 0 Å². The topological polar surface area (TPSA) is 80.9 Å². The summed E-state index contributed by atoms with van der Waals surface area (Å²) in [6, 6.07) is 0. The summed E-state index contributed by atoms with van der Waals surface area (Å²) in [5.74, 6) is 0.602. The Balaban J connectivity index is 1.68. The van der Waals surface area contributed by atoms with Crippen molar-refractivity contribution in [2.75, 3.05) is 13.2 Å². The molecular formula is C30H48O4. The van der Waals surface area contributed by atoms with Gasteiger partial charge in [-0.3, -0.25) is 0 Å². The van der Waals surface area contributed by atoms with Crippen LogP contribution in [0.25, 0.3) is 0 Å². The van der Waals surface area contributed by atoms with Crippen molar-refractivity contribution in [2.24, 2.45) is 44.3 Å². The lowest BCUT2D eigenvalue weighted by Crippen LogP contribution is -2.65. The molecule has 4 nitrogen and oxygen atoms in total. The molecule has 5 rings (SSSR count). The molecule has 34 heavy (non-hydrogen) atoms. The van der Waals surface area contributed by atoms with Gasteiger partial charge < -0.3 is 20.4 Å². The van der Waals surface area contributed by atoms with Gasteiger partial charge in [0.15, 0.2) is 0 Å². The predicted molar refractivity (Wildman–Crippen MR) is 135 cm³/mol. The van der Waals surface area contributed by atoms with Gasteiger partial charge in [0.1, 0.15) is 0 Å². The van der Waals surface area contributed by atoms with Crippen LogP contribution in [0.1, 0.15) is 92.9 Å². The van der Waals surface area contributed by atoms with Gasteiger partial charge in [-0.05, 0) is 85.0 Å². The predicted octanol–water partition coefficient (Wildman–Crippen LogP) is 5.00. The lowest BCUT2D eigenvalue weighted by Gasteiger charge is -2.70. The van der Waals surface area contributed by atoms with Crippen LogP contribution in [0.4, 0.5) is 0 Å². The Hall–Kier alpha value is -0.680. The standard InChI is InChI=1S/C30H48O4/c1-25(2)13-14-30(18-32)20(15-25)19-7-8-22-26(3)11-10-23(33)27(4,17-31)21(26)9-12-28(22,5)29(19,6)16-24(30)34/h7-8,21-24,31-34H,9-18H2,1-6H3/t21?,22?,23-,24-,26-,27-,28+,29+,30+/m0/s1. The number of allylic oxidation sites excluding steroid dienone is 3. The van der Waals surface area contributed by atoms with Crippen LogP contribution in [-0.2, 0) is 0 Å². The minimum Gasteiger partial charge on any atom is -0.396 e. The molecule has 3 fully saturated rings. The van der Waals surface area contributed by atoms with Gasteiger partial charge in [0.25, 0.3) is 0 Å². The highest BCUT2D eigenvalue weighted by Gasteiger charge is 2.68. The number of rotatable bonds is 2. The molecule has 5 aliphatic rings. The normalized spacial score (nSPS) is 54.1. The highest BCUT2D eigenvalue weighted by molar-refractivity contribution is 5.47. The molecule has 192 valence electrons. The maximum absolute atomic E-state index is 11.7. The van der Waals surface area contributed by atoms with Crippen LogP contribution < -0.4 is 0 Å². The van der Waals surface area contributed by atoms with Crippen LogP contribution in [0, 0.1) is 44.3 Å².